The zero-order valence-corrected chi connectivity index (χ0v) is 16.4. The third-order valence-corrected chi connectivity index (χ3v) is 6.31. The molecular formula is C22H26FN3O2. The van der Waals surface area contributed by atoms with Crippen molar-refractivity contribution >= 4 is 11.6 Å². The van der Waals surface area contributed by atoms with Crippen molar-refractivity contribution in [2.45, 2.75) is 77.0 Å². The molecule has 0 bridgehead atoms. The van der Waals surface area contributed by atoms with E-state index in [0.29, 0.717) is 18.2 Å². The smallest absolute Gasteiger partial charge is 0.224 e. The largest absolute Gasteiger partial charge is 0.489 e. The summed E-state index contributed by atoms with van der Waals surface area (Å²) in [5, 5.41) is 4.48. The summed E-state index contributed by atoms with van der Waals surface area (Å²) in [6.45, 7) is 3.48. The number of halogens is 1. The van der Waals surface area contributed by atoms with Crippen LogP contribution in [0.1, 0.15) is 64.0 Å². The van der Waals surface area contributed by atoms with Crippen LogP contribution in [0.4, 0.5) is 10.1 Å². The highest BCUT2D eigenvalue weighted by molar-refractivity contribution is 5.95. The second kappa shape index (κ2) is 6.61. The van der Waals surface area contributed by atoms with Crippen LogP contribution in [-0.2, 0) is 11.2 Å². The first-order chi connectivity index (χ1) is 13.5. The molecule has 148 valence electrons. The van der Waals surface area contributed by atoms with Gasteiger partial charge in [0.25, 0.3) is 0 Å². The Balaban J connectivity index is 1.65. The molecule has 0 radical (unpaired) electrons. The highest BCUT2D eigenvalue weighted by Crippen LogP contribution is 2.46. The minimum absolute atomic E-state index is 0.0143. The van der Waals surface area contributed by atoms with Gasteiger partial charge in [-0.05, 0) is 57.9 Å². The molecule has 0 saturated heterocycles. The van der Waals surface area contributed by atoms with Gasteiger partial charge in [-0.15, -0.1) is 0 Å². The topological polar surface area (TPSA) is 47.4 Å². The minimum Gasteiger partial charge on any atom is -0.489 e. The Bertz CT molecular complexity index is 930. The Morgan fingerprint density at radius 3 is 2.68 bits per heavy atom. The van der Waals surface area contributed by atoms with Gasteiger partial charge in [-0.25, -0.2) is 4.39 Å². The van der Waals surface area contributed by atoms with Gasteiger partial charge in [-0.2, -0.15) is 5.10 Å². The summed E-state index contributed by atoms with van der Waals surface area (Å²) in [5.74, 6) is 0.262. The second-order valence-corrected chi connectivity index (χ2v) is 8.45. The molecule has 2 aliphatic carbocycles. The van der Waals surface area contributed by atoms with Gasteiger partial charge >= 0.3 is 0 Å². The molecule has 5 nitrogen and oxygen atoms in total. The lowest BCUT2D eigenvalue weighted by molar-refractivity contribution is -0.117. The first kappa shape index (κ1) is 17.7. The van der Waals surface area contributed by atoms with Crippen molar-refractivity contribution in [1.29, 1.82) is 0 Å². The Morgan fingerprint density at radius 1 is 1.25 bits per heavy atom. The lowest BCUT2D eigenvalue weighted by Crippen LogP contribution is -2.41. The van der Waals surface area contributed by atoms with Gasteiger partial charge in [-0.3, -0.25) is 9.48 Å². The molecule has 0 N–H and O–H groups in total. The number of nitrogens with zero attached hydrogens (tertiary/aromatic N) is 3. The Labute approximate surface area is 164 Å². The molecule has 2 saturated carbocycles. The predicted molar refractivity (Wildman–Crippen MR) is 105 cm³/mol. The summed E-state index contributed by atoms with van der Waals surface area (Å²) in [6.07, 6.45) is 11.0. The first-order valence-electron chi connectivity index (χ1n) is 10.4. The van der Waals surface area contributed by atoms with E-state index in [1.54, 1.807) is 11.1 Å². The first-order valence-corrected chi connectivity index (χ1v) is 10.4. The van der Waals surface area contributed by atoms with E-state index in [-0.39, 0.29) is 23.9 Å². The fourth-order valence-electron chi connectivity index (χ4n) is 4.36. The van der Waals surface area contributed by atoms with E-state index < -0.39 is 0 Å². The fraction of sp³-hybridized carbons (Fsp3) is 0.545. The number of ether oxygens (including phenoxy) is 1. The number of rotatable bonds is 4. The monoisotopic (exact) mass is 383 g/mol. The van der Waals surface area contributed by atoms with E-state index in [9.17, 15) is 4.79 Å². The SMILES string of the molecule is CC(=O)N1c2c(F)cc(-c3cnn(C4CC4)c3)c(OC3CCC3)c2CCC1C. The summed E-state index contributed by atoms with van der Waals surface area (Å²) in [5.41, 5.74) is 2.87. The van der Waals surface area contributed by atoms with E-state index in [4.69, 9.17) is 4.74 Å². The van der Waals surface area contributed by atoms with Gasteiger partial charge in [0, 0.05) is 35.9 Å². The maximum absolute atomic E-state index is 15.3. The van der Waals surface area contributed by atoms with Crippen molar-refractivity contribution in [1.82, 2.24) is 9.78 Å². The number of hydrogen-bond donors (Lipinski definition) is 0. The van der Waals surface area contributed by atoms with E-state index in [1.807, 2.05) is 17.8 Å². The maximum Gasteiger partial charge on any atom is 0.224 e. The molecule has 0 spiro atoms. The van der Waals surface area contributed by atoms with Crippen LogP contribution < -0.4 is 9.64 Å². The van der Waals surface area contributed by atoms with Crippen molar-refractivity contribution in [2.24, 2.45) is 0 Å². The van der Waals surface area contributed by atoms with Gasteiger partial charge < -0.3 is 9.64 Å². The fourth-order valence-corrected chi connectivity index (χ4v) is 4.36. The number of anilines is 1. The molecule has 1 amide bonds. The molecule has 28 heavy (non-hydrogen) atoms. The molecule has 2 heterocycles. The molecule has 2 aromatic rings. The summed E-state index contributed by atoms with van der Waals surface area (Å²) in [4.78, 5) is 13.9. The molecule has 6 heteroatoms. The molecule has 1 aromatic heterocycles. The zero-order valence-electron chi connectivity index (χ0n) is 16.4. The van der Waals surface area contributed by atoms with Crippen LogP contribution in [0.5, 0.6) is 5.75 Å². The molecule has 1 aromatic carbocycles. The Kier molecular flexibility index (Phi) is 4.18. The second-order valence-electron chi connectivity index (χ2n) is 8.45. The van der Waals surface area contributed by atoms with Crippen molar-refractivity contribution in [3.05, 3.63) is 29.8 Å². The van der Waals surface area contributed by atoms with Gasteiger partial charge in [0.15, 0.2) is 0 Å². The minimum atomic E-state index is -0.355. The number of hydrogen-bond acceptors (Lipinski definition) is 3. The van der Waals surface area contributed by atoms with Crippen molar-refractivity contribution in [2.75, 3.05) is 4.90 Å². The molecule has 1 aliphatic heterocycles. The lowest BCUT2D eigenvalue weighted by atomic mass is 9.90. The number of fused-ring (bicyclic) bond motifs is 1. The normalized spacial score (nSPS) is 22.0. The van der Waals surface area contributed by atoms with Gasteiger partial charge in [0.05, 0.1) is 24.0 Å². The third kappa shape index (κ3) is 2.90. The number of carbonyl (C=O) groups excluding carboxylic acids is 1. The van der Waals surface area contributed by atoms with E-state index >= 15 is 4.39 Å². The molecule has 5 rings (SSSR count). The van der Waals surface area contributed by atoms with Crippen LogP contribution >= 0.6 is 0 Å². The molecule has 3 aliphatic rings. The maximum atomic E-state index is 15.3. The standard InChI is InChI=1S/C22H26FN3O2/c1-13-6-9-18-21(26(13)14(2)27)20(23)10-19(22(18)28-17-4-3-5-17)15-11-24-25(12-15)16-7-8-16/h10-13,16-17H,3-9H2,1-2H3. The van der Waals surface area contributed by atoms with E-state index in [2.05, 4.69) is 5.10 Å². The summed E-state index contributed by atoms with van der Waals surface area (Å²) in [7, 11) is 0. The number of benzene rings is 1. The van der Waals surface area contributed by atoms with Gasteiger partial charge in [0.2, 0.25) is 5.91 Å². The summed E-state index contributed by atoms with van der Waals surface area (Å²) in [6, 6.07) is 2.00. The lowest BCUT2D eigenvalue weighted by Gasteiger charge is -2.37. The number of amides is 1. The van der Waals surface area contributed by atoms with Crippen LogP contribution in [0.25, 0.3) is 11.1 Å². The number of aromatic nitrogens is 2. The van der Waals surface area contributed by atoms with E-state index in [1.165, 1.54) is 19.4 Å². The van der Waals surface area contributed by atoms with Gasteiger partial charge in [0.1, 0.15) is 11.6 Å². The van der Waals surface area contributed by atoms with Crippen molar-refractivity contribution in [3.8, 4) is 16.9 Å². The van der Waals surface area contributed by atoms with Crippen molar-refractivity contribution < 1.29 is 13.9 Å². The van der Waals surface area contributed by atoms with Crippen LogP contribution in [0.2, 0.25) is 0 Å². The Morgan fingerprint density at radius 2 is 2.04 bits per heavy atom. The summed E-state index contributed by atoms with van der Waals surface area (Å²) < 4.78 is 23.7. The highest BCUT2D eigenvalue weighted by Gasteiger charge is 2.35. The van der Waals surface area contributed by atoms with Gasteiger partial charge in [-0.1, -0.05) is 0 Å². The molecular weight excluding hydrogens is 357 g/mol. The number of carbonyl (C=O) groups is 1. The van der Waals surface area contributed by atoms with Crippen LogP contribution in [0.15, 0.2) is 18.5 Å². The van der Waals surface area contributed by atoms with Crippen LogP contribution in [0, 0.1) is 5.82 Å². The highest BCUT2D eigenvalue weighted by atomic mass is 19.1. The molecule has 1 atom stereocenters. The quantitative estimate of drug-likeness (QED) is 0.773. The molecule has 2 fully saturated rings. The Hall–Kier alpha value is -2.37. The molecule has 1 unspecified atom stereocenters. The van der Waals surface area contributed by atoms with E-state index in [0.717, 1.165) is 54.5 Å². The van der Waals surface area contributed by atoms with Crippen LogP contribution in [0.3, 0.4) is 0 Å². The zero-order chi connectivity index (χ0) is 19.4. The summed E-state index contributed by atoms with van der Waals surface area (Å²) >= 11 is 0. The average molecular weight is 383 g/mol. The average Bonchev–Trinajstić information content (AvgIpc) is 3.36. The third-order valence-electron chi connectivity index (χ3n) is 6.31. The predicted octanol–water partition coefficient (Wildman–Crippen LogP) is 4.64. The van der Waals surface area contributed by atoms with Crippen molar-refractivity contribution in [3.63, 3.8) is 0 Å². The van der Waals surface area contributed by atoms with Crippen LogP contribution in [-0.4, -0.2) is 27.8 Å².